The Labute approximate surface area is 150 Å². The topological polar surface area (TPSA) is 105 Å². The fourth-order valence-electron chi connectivity index (χ4n) is 2.25. The highest BCUT2D eigenvalue weighted by Crippen LogP contribution is 2.36. The van der Waals surface area contributed by atoms with Crippen LogP contribution in [0.4, 0.5) is 0 Å². The summed E-state index contributed by atoms with van der Waals surface area (Å²) in [5, 5.41) is 10.5. The first-order valence-electron chi connectivity index (χ1n) is 7.31. The molecule has 0 bridgehead atoms. The SMILES string of the molecule is COc1cc(OC)c(C=C([N+](=O)[O-])S(=O)(=O)c2ccccc2)c(OC)c1. The van der Waals surface area contributed by atoms with Crippen molar-refractivity contribution in [1.82, 2.24) is 0 Å². The Balaban J connectivity index is 2.73. The fraction of sp³-hybridized carbons (Fsp3) is 0.176. The molecule has 0 aliphatic rings. The van der Waals surface area contributed by atoms with Crippen LogP contribution < -0.4 is 14.2 Å². The van der Waals surface area contributed by atoms with Crippen molar-refractivity contribution in [3.63, 3.8) is 0 Å². The van der Waals surface area contributed by atoms with Crippen molar-refractivity contribution in [3.05, 3.63) is 63.2 Å². The molecular formula is C17H17NO7S. The van der Waals surface area contributed by atoms with Gasteiger partial charge in [0.2, 0.25) is 0 Å². The first-order valence-corrected chi connectivity index (χ1v) is 8.79. The number of hydrogen-bond donors (Lipinski definition) is 0. The smallest absolute Gasteiger partial charge is 0.364 e. The number of rotatable bonds is 7. The van der Waals surface area contributed by atoms with Gasteiger partial charge in [-0.2, -0.15) is 0 Å². The third kappa shape index (κ3) is 3.77. The molecule has 0 aromatic heterocycles. The molecule has 2 aromatic carbocycles. The number of benzene rings is 2. The van der Waals surface area contributed by atoms with E-state index in [9.17, 15) is 18.5 Å². The standard InChI is InChI=1S/C17H17NO7S/c1-23-12-9-15(24-2)14(16(10-12)25-3)11-17(18(19)20)26(21,22)13-7-5-4-6-8-13/h4-11H,1-3H3. The van der Waals surface area contributed by atoms with Gasteiger partial charge in [-0.05, 0) is 12.1 Å². The predicted molar refractivity (Wildman–Crippen MR) is 94.7 cm³/mol. The summed E-state index contributed by atoms with van der Waals surface area (Å²) in [6.07, 6.45) is 0.916. The number of ether oxygens (including phenoxy) is 3. The summed E-state index contributed by atoms with van der Waals surface area (Å²) < 4.78 is 40.9. The van der Waals surface area contributed by atoms with Gasteiger partial charge in [-0.3, -0.25) is 10.1 Å². The summed E-state index contributed by atoms with van der Waals surface area (Å²) in [6.45, 7) is 0. The first-order chi connectivity index (χ1) is 12.3. The van der Waals surface area contributed by atoms with Crippen LogP contribution in [-0.2, 0) is 9.84 Å². The molecule has 0 aliphatic carbocycles. The number of sulfone groups is 1. The summed E-state index contributed by atoms with van der Waals surface area (Å²) in [7, 11) is -0.207. The zero-order valence-corrected chi connectivity index (χ0v) is 15.1. The van der Waals surface area contributed by atoms with Crippen molar-refractivity contribution in [1.29, 1.82) is 0 Å². The normalized spacial score (nSPS) is 11.7. The monoisotopic (exact) mass is 379 g/mol. The number of nitro groups is 1. The van der Waals surface area contributed by atoms with E-state index in [1.807, 2.05) is 0 Å². The summed E-state index contributed by atoms with van der Waals surface area (Å²) in [5.74, 6) is 0.733. The number of nitrogens with zero attached hydrogens (tertiary/aromatic N) is 1. The zero-order chi connectivity index (χ0) is 19.3. The Morgan fingerprint density at radius 3 is 1.96 bits per heavy atom. The quantitative estimate of drug-likeness (QED) is 0.538. The maximum absolute atomic E-state index is 12.7. The van der Waals surface area contributed by atoms with Crippen LogP contribution in [0.5, 0.6) is 17.2 Å². The van der Waals surface area contributed by atoms with Crippen molar-refractivity contribution in [2.75, 3.05) is 21.3 Å². The van der Waals surface area contributed by atoms with Gasteiger partial charge < -0.3 is 14.2 Å². The van der Waals surface area contributed by atoms with E-state index >= 15 is 0 Å². The molecule has 0 saturated carbocycles. The molecular weight excluding hydrogens is 362 g/mol. The molecule has 26 heavy (non-hydrogen) atoms. The molecule has 0 unspecified atom stereocenters. The van der Waals surface area contributed by atoms with Crippen LogP contribution in [-0.4, -0.2) is 34.7 Å². The van der Waals surface area contributed by atoms with E-state index in [1.54, 1.807) is 6.07 Å². The summed E-state index contributed by atoms with van der Waals surface area (Å²) in [6, 6.07) is 10.1. The van der Waals surface area contributed by atoms with Gasteiger partial charge in [-0.15, -0.1) is 0 Å². The van der Waals surface area contributed by atoms with Crippen LogP contribution in [0.3, 0.4) is 0 Å². The van der Waals surface area contributed by atoms with E-state index in [0.29, 0.717) is 5.75 Å². The molecule has 0 saturated heterocycles. The van der Waals surface area contributed by atoms with Gasteiger partial charge in [0, 0.05) is 18.2 Å². The zero-order valence-electron chi connectivity index (χ0n) is 14.3. The molecule has 0 amide bonds. The Hall–Kier alpha value is -3.07. The van der Waals surface area contributed by atoms with Crippen LogP contribution in [0, 0.1) is 10.1 Å². The minimum Gasteiger partial charge on any atom is -0.496 e. The lowest BCUT2D eigenvalue weighted by atomic mass is 10.1. The second-order valence-corrected chi connectivity index (χ2v) is 6.90. The highest BCUT2D eigenvalue weighted by atomic mass is 32.2. The molecule has 2 rings (SSSR count). The van der Waals surface area contributed by atoms with Gasteiger partial charge in [0.15, 0.2) is 0 Å². The lowest BCUT2D eigenvalue weighted by Crippen LogP contribution is -2.12. The van der Waals surface area contributed by atoms with Crippen LogP contribution in [0.1, 0.15) is 5.56 Å². The average molecular weight is 379 g/mol. The molecule has 0 aliphatic heterocycles. The Morgan fingerprint density at radius 1 is 1.00 bits per heavy atom. The highest BCUT2D eigenvalue weighted by molar-refractivity contribution is 7.95. The predicted octanol–water partition coefficient (Wildman–Crippen LogP) is 2.76. The van der Waals surface area contributed by atoms with Crippen molar-refractivity contribution in [2.24, 2.45) is 0 Å². The van der Waals surface area contributed by atoms with Crippen molar-refractivity contribution >= 4 is 15.9 Å². The van der Waals surface area contributed by atoms with Crippen LogP contribution in [0.2, 0.25) is 0 Å². The molecule has 2 aromatic rings. The molecule has 0 fully saturated rings. The van der Waals surface area contributed by atoms with Crippen LogP contribution >= 0.6 is 0 Å². The third-order valence-electron chi connectivity index (χ3n) is 3.53. The molecule has 9 heteroatoms. The van der Waals surface area contributed by atoms with E-state index < -0.39 is 19.8 Å². The Morgan fingerprint density at radius 2 is 1.54 bits per heavy atom. The van der Waals surface area contributed by atoms with E-state index in [2.05, 4.69) is 0 Å². The van der Waals surface area contributed by atoms with Gasteiger partial charge >= 0.3 is 5.03 Å². The molecule has 0 heterocycles. The van der Waals surface area contributed by atoms with Crippen molar-refractivity contribution in [2.45, 2.75) is 4.90 Å². The van der Waals surface area contributed by atoms with E-state index in [-0.39, 0.29) is 22.0 Å². The van der Waals surface area contributed by atoms with E-state index in [0.717, 1.165) is 6.08 Å². The van der Waals surface area contributed by atoms with Gasteiger partial charge in [-0.25, -0.2) is 8.42 Å². The maximum atomic E-state index is 12.7. The third-order valence-corrected chi connectivity index (χ3v) is 5.24. The summed E-state index contributed by atoms with van der Waals surface area (Å²) in [5.41, 5.74) is 0.113. The van der Waals surface area contributed by atoms with Crippen molar-refractivity contribution in [3.8, 4) is 17.2 Å². The van der Waals surface area contributed by atoms with Crippen LogP contribution in [0.15, 0.2) is 52.4 Å². The Kier molecular flexibility index (Phi) is 5.83. The lowest BCUT2D eigenvalue weighted by molar-refractivity contribution is -0.410. The lowest BCUT2D eigenvalue weighted by Gasteiger charge is -2.12. The minimum absolute atomic E-state index is 0.113. The highest BCUT2D eigenvalue weighted by Gasteiger charge is 2.32. The average Bonchev–Trinajstić information content (AvgIpc) is 2.65. The maximum Gasteiger partial charge on any atom is 0.364 e. The Bertz CT molecular complexity index is 912. The van der Waals surface area contributed by atoms with E-state index in [4.69, 9.17) is 14.2 Å². The van der Waals surface area contributed by atoms with E-state index in [1.165, 1.54) is 57.7 Å². The number of hydrogen-bond acceptors (Lipinski definition) is 7. The minimum atomic E-state index is -4.34. The molecule has 0 atom stereocenters. The van der Waals surface area contributed by atoms with Crippen LogP contribution in [0.25, 0.3) is 6.08 Å². The molecule has 138 valence electrons. The molecule has 0 N–H and O–H groups in total. The van der Waals surface area contributed by atoms with Gasteiger partial charge in [-0.1, -0.05) is 18.2 Å². The first kappa shape index (κ1) is 19.3. The van der Waals surface area contributed by atoms with Gasteiger partial charge in [0.25, 0.3) is 9.84 Å². The molecule has 8 nitrogen and oxygen atoms in total. The van der Waals surface area contributed by atoms with Crippen molar-refractivity contribution < 1.29 is 27.6 Å². The summed E-state index contributed by atoms with van der Waals surface area (Å²) in [4.78, 5) is 10.4. The summed E-state index contributed by atoms with van der Waals surface area (Å²) >= 11 is 0. The molecule has 0 radical (unpaired) electrons. The molecule has 0 spiro atoms. The largest absolute Gasteiger partial charge is 0.496 e. The van der Waals surface area contributed by atoms with Gasteiger partial charge in [0.05, 0.1) is 36.7 Å². The fourth-order valence-corrected chi connectivity index (χ4v) is 3.47. The second-order valence-electron chi connectivity index (χ2n) is 5.00. The van der Waals surface area contributed by atoms with Gasteiger partial charge in [0.1, 0.15) is 17.2 Å². The number of methoxy groups -OCH3 is 3. The second kappa shape index (κ2) is 7.87.